The zero-order chi connectivity index (χ0) is 14.1. The second-order valence-electron chi connectivity index (χ2n) is 5.82. The molecule has 1 amide bonds. The lowest BCUT2D eigenvalue weighted by Crippen LogP contribution is -2.34. The summed E-state index contributed by atoms with van der Waals surface area (Å²) in [6.45, 7) is 3.41. The molecule has 2 aliphatic rings. The first-order valence-electron chi connectivity index (χ1n) is 7.52. The molecule has 0 aromatic heterocycles. The van der Waals surface area contributed by atoms with E-state index in [0.717, 1.165) is 25.3 Å². The van der Waals surface area contributed by atoms with Gasteiger partial charge in [-0.2, -0.15) is 0 Å². The second kappa shape index (κ2) is 5.35. The van der Waals surface area contributed by atoms with Gasteiger partial charge in [-0.15, -0.1) is 0 Å². The summed E-state index contributed by atoms with van der Waals surface area (Å²) in [6, 6.07) is 5.83. The van der Waals surface area contributed by atoms with Crippen molar-refractivity contribution in [3.05, 3.63) is 23.8 Å². The van der Waals surface area contributed by atoms with Gasteiger partial charge in [-0.25, -0.2) is 0 Å². The van der Waals surface area contributed by atoms with Crippen molar-refractivity contribution >= 4 is 11.6 Å². The van der Waals surface area contributed by atoms with E-state index in [-0.39, 0.29) is 5.91 Å². The third kappa shape index (κ3) is 2.89. The van der Waals surface area contributed by atoms with Crippen LogP contribution in [-0.2, 0) is 0 Å². The minimum Gasteiger partial charge on any atom is -0.492 e. The molecule has 0 bridgehead atoms. The molecule has 4 nitrogen and oxygen atoms in total. The number of nitrogens with two attached hydrogens (primary N) is 1. The third-order valence-corrected chi connectivity index (χ3v) is 3.96. The summed E-state index contributed by atoms with van der Waals surface area (Å²) < 4.78 is 5.42. The fourth-order valence-electron chi connectivity index (χ4n) is 2.50. The van der Waals surface area contributed by atoms with E-state index in [1.165, 1.54) is 12.8 Å². The van der Waals surface area contributed by atoms with Crippen LogP contribution in [-0.4, -0.2) is 30.0 Å². The van der Waals surface area contributed by atoms with Gasteiger partial charge in [-0.1, -0.05) is 0 Å². The zero-order valence-electron chi connectivity index (χ0n) is 12.0. The number of rotatable bonds is 6. The van der Waals surface area contributed by atoms with Crippen molar-refractivity contribution in [2.45, 2.75) is 38.6 Å². The lowest BCUT2D eigenvalue weighted by molar-refractivity contribution is 0.0735. The van der Waals surface area contributed by atoms with Gasteiger partial charge in [-0.3, -0.25) is 4.79 Å². The van der Waals surface area contributed by atoms with Crippen molar-refractivity contribution in [1.82, 2.24) is 4.90 Å². The van der Waals surface area contributed by atoms with E-state index in [4.69, 9.17) is 10.5 Å². The van der Waals surface area contributed by atoms with Crippen molar-refractivity contribution in [3.63, 3.8) is 0 Å². The van der Waals surface area contributed by atoms with E-state index in [1.54, 1.807) is 12.1 Å². The first-order valence-corrected chi connectivity index (χ1v) is 7.52. The Labute approximate surface area is 119 Å². The quantitative estimate of drug-likeness (QED) is 0.811. The molecule has 1 aromatic rings. The van der Waals surface area contributed by atoms with E-state index < -0.39 is 0 Å². The molecule has 0 aliphatic heterocycles. The molecule has 20 heavy (non-hydrogen) atoms. The van der Waals surface area contributed by atoms with Crippen LogP contribution in [0.1, 0.15) is 43.0 Å². The topological polar surface area (TPSA) is 55.6 Å². The van der Waals surface area contributed by atoms with Crippen LogP contribution < -0.4 is 10.5 Å². The van der Waals surface area contributed by atoms with Crippen LogP contribution in [0, 0.1) is 5.92 Å². The molecule has 1 aromatic carbocycles. The second-order valence-corrected chi connectivity index (χ2v) is 5.82. The average Bonchev–Trinajstić information content (AvgIpc) is 3.30. The number of carbonyl (C=O) groups excluding carboxylic acids is 1. The Bertz CT molecular complexity index is 507. The van der Waals surface area contributed by atoms with Crippen molar-refractivity contribution in [2.24, 2.45) is 5.92 Å². The van der Waals surface area contributed by atoms with Crippen LogP contribution in [0.5, 0.6) is 5.75 Å². The molecule has 0 heterocycles. The van der Waals surface area contributed by atoms with Crippen LogP contribution >= 0.6 is 0 Å². The molecule has 2 aliphatic carbocycles. The Morgan fingerprint density at radius 2 is 2.10 bits per heavy atom. The summed E-state index contributed by atoms with van der Waals surface area (Å²) >= 11 is 0. The van der Waals surface area contributed by atoms with Gasteiger partial charge >= 0.3 is 0 Å². The highest BCUT2D eigenvalue weighted by molar-refractivity contribution is 5.96. The lowest BCUT2D eigenvalue weighted by Gasteiger charge is -2.22. The van der Waals surface area contributed by atoms with Crippen LogP contribution in [0.3, 0.4) is 0 Å². The molecule has 0 radical (unpaired) electrons. The van der Waals surface area contributed by atoms with Gasteiger partial charge < -0.3 is 15.4 Å². The third-order valence-electron chi connectivity index (χ3n) is 3.96. The largest absolute Gasteiger partial charge is 0.492 e. The molecular weight excluding hydrogens is 252 g/mol. The molecule has 0 saturated heterocycles. The molecule has 2 saturated carbocycles. The molecule has 4 heteroatoms. The molecule has 2 N–H and O–H groups in total. The molecular formula is C16H22N2O2. The van der Waals surface area contributed by atoms with E-state index >= 15 is 0 Å². The summed E-state index contributed by atoms with van der Waals surface area (Å²) in [4.78, 5) is 14.7. The van der Waals surface area contributed by atoms with Crippen molar-refractivity contribution in [1.29, 1.82) is 0 Å². The Morgan fingerprint density at radius 1 is 1.35 bits per heavy atom. The molecule has 0 atom stereocenters. The molecule has 2 fully saturated rings. The average molecular weight is 274 g/mol. The minimum atomic E-state index is 0.120. The number of hydrogen-bond donors (Lipinski definition) is 1. The normalized spacial score (nSPS) is 17.9. The highest BCUT2D eigenvalue weighted by Gasteiger charge is 2.36. The lowest BCUT2D eigenvalue weighted by atomic mass is 10.1. The molecule has 3 rings (SSSR count). The number of hydrogen-bond acceptors (Lipinski definition) is 3. The summed E-state index contributed by atoms with van der Waals surface area (Å²) in [5.74, 6) is 1.50. The molecule has 0 unspecified atom stereocenters. The van der Waals surface area contributed by atoms with Gasteiger partial charge in [0.15, 0.2) is 0 Å². The number of benzene rings is 1. The van der Waals surface area contributed by atoms with E-state index in [9.17, 15) is 4.79 Å². The molecule has 0 spiro atoms. The summed E-state index contributed by atoms with van der Waals surface area (Å²) in [6.07, 6.45) is 4.82. The smallest absolute Gasteiger partial charge is 0.254 e. The number of anilines is 1. The standard InChI is InChI=1S/C16H22N2O2/c1-2-20-15-8-5-12(9-14(15)17)16(19)18(13-6-7-13)10-11-3-4-11/h5,8-9,11,13H,2-4,6-7,10,17H2,1H3. The van der Waals surface area contributed by atoms with Gasteiger partial charge in [0.25, 0.3) is 5.91 Å². The first kappa shape index (κ1) is 13.3. The number of ether oxygens (including phenoxy) is 1. The van der Waals surface area contributed by atoms with Crippen LogP contribution in [0.25, 0.3) is 0 Å². The summed E-state index contributed by atoms with van der Waals surface area (Å²) in [5.41, 5.74) is 7.18. The van der Waals surface area contributed by atoms with Gasteiger partial charge in [0.1, 0.15) is 5.75 Å². The highest BCUT2D eigenvalue weighted by Crippen LogP contribution is 2.36. The van der Waals surface area contributed by atoms with Crippen molar-refractivity contribution in [2.75, 3.05) is 18.9 Å². The Balaban J connectivity index is 1.75. The van der Waals surface area contributed by atoms with Crippen LogP contribution in [0.2, 0.25) is 0 Å². The van der Waals surface area contributed by atoms with Crippen molar-refractivity contribution in [3.8, 4) is 5.75 Å². The Kier molecular flexibility index (Phi) is 3.55. The predicted octanol–water partition coefficient (Wildman–Crippen LogP) is 2.68. The van der Waals surface area contributed by atoms with Gasteiger partial charge in [0.2, 0.25) is 0 Å². The fraction of sp³-hybridized carbons (Fsp3) is 0.562. The zero-order valence-corrected chi connectivity index (χ0v) is 12.0. The first-order chi connectivity index (χ1) is 9.69. The Hall–Kier alpha value is -1.71. The summed E-state index contributed by atoms with van der Waals surface area (Å²) in [7, 11) is 0. The maximum absolute atomic E-state index is 12.6. The molecule has 108 valence electrons. The van der Waals surface area contributed by atoms with Crippen molar-refractivity contribution < 1.29 is 9.53 Å². The number of nitrogen functional groups attached to an aromatic ring is 1. The van der Waals surface area contributed by atoms with Gasteiger partial charge in [0, 0.05) is 18.2 Å². The van der Waals surface area contributed by atoms with Crippen LogP contribution in [0.15, 0.2) is 18.2 Å². The van der Waals surface area contributed by atoms with E-state index in [2.05, 4.69) is 0 Å². The fourth-order valence-corrected chi connectivity index (χ4v) is 2.50. The predicted molar refractivity (Wildman–Crippen MR) is 78.8 cm³/mol. The minimum absolute atomic E-state index is 0.120. The highest BCUT2D eigenvalue weighted by atomic mass is 16.5. The number of carbonyl (C=O) groups is 1. The summed E-state index contributed by atoms with van der Waals surface area (Å²) in [5, 5.41) is 0. The number of nitrogens with zero attached hydrogens (tertiary/aromatic N) is 1. The van der Waals surface area contributed by atoms with Crippen LogP contribution in [0.4, 0.5) is 5.69 Å². The van der Waals surface area contributed by atoms with E-state index in [0.29, 0.717) is 29.6 Å². The Morgan fingerprint density at radius 3 is 2.65 bits per heavy atom. The van der Waals surface area contributed by atoms with E-state index in [1.807, 2.05) is 17.9 Å². The monoisotopic (exact) mass is 274 g/mol. The maximum atomic E-state index is 12.6. The maximum Gasteiger partial charge on any atom is 0.254 e. The SMILES string of the molecule is CCOc1ccc(C(=O)N(CC2CC2)C2CC2)cc1N. The number of amides is 1. The van der Waals surface area contributed by atoms with Gasteiger partial charge in [-0.05, 0) is 56.7 Å². The van der Waals surface area contributed by atoms with Gasteiger partial charge in [0.05, 0.1) is 12.3 Å².